The third-order valence-corrected chi connectivity index (χ3v) is 4.28. The highest BCUT2D eigenvalue weighted by molar-refractivity contribution is 6.06. The van der Waals surface area contributed by atoms with E-state index in [2.05, 4.69) is 37.6 Å². The third kappa shape index (κ3) is 4.35. The van der Waals surface area contributed by atoms with E-state index in [1.807, 2.05) is 35.4 Å². The maximum absolute atomic E-state index is 13.1. The van der Waals surface area contributed by atoms with Crippen molar-refractivity contribution in [2.45, 2.75) is 27.7 Å². The van der Waals surface area contributed by atoms with Gasteiger partial charge in [-0.2, -0.15) is 0 Å². The Kier molecular flexibility index (Phi) is 6.22. The zero-order valence-corrected chi connectivity index (χ0v) is 14.8. The smallest absolute Gasteiger partial charge is 0.254 e. The zero-order valence-electron chi connectivity index (χ0n) is 14.8. The topological polar surface area (TPSA) is 39.3 Å². The Bertz CT molecular complexity index is 628. The lowest BCUT2D eigenvalue weighted by Gasteiger charge is -2.28. The van der Waals surface area contributed by atoms with Gasteiger partial charge in [-0.05, 0) is 37.2 Å². The van der Waals surface area contributed by atoms with Crippen LogP contribution in [0.2, 0.25) is 0 Å². The molecule has 0 aliphatic carbocycles. The maximum atomic E-state index is 13.1. The molecule has 0 spiro atoms. The van der Waals surface area contributed by atoms with Crippen molar-refractivity contribution in [1.82, 2.24) is 14.8 Å². The number of fused-ring (bicyclic) bond motifs is 1. The van der Waals surface area contributed by atoms with Crippen LogP contribution < -0.4 is 0 Å². The van der Waals surface area contributed by atoms with Gasteiger partial charge in [-0.25, -0.2) is 0 Å². The minimum atomic E-state index is 0.135. The van der Waals surface area contributed by atoms with Crippen molar-refractivity contribution < 1.29 is 4.79 Å². The Morgan fingerprint density at radius 2 is 1.87 bits per heavy atom. The lowest BCUT2D eigenvalue weighted by atomic mass is 10.1. The molecule has 0 bridgehead atoms. The van der Waals surface area contributed by atoms with Crippen molar-refractivity contribution in [3.05, 3.63) is 36.0 Å². The zero-order chi connectivity index (χ0) is 16.8. The summed E-state index contributed by atoms with van der Waals surface area (Å²) < 4.78 is 0. The van der Waals surface area contributed by atoms with Gasteiger partial charge >= 0.3 is 0 Å². The van der Waals surface area contributed by atoms with E-state index in [0.29, 0.717) is 5.92 Å². The number of likely N-dealkylation sites (N-methyl/N-ethyl adjacent to an activating group) is 1. The van der Waals surface area contributed by atoms with Gasteiger partial charge in [0, 0.05) is 42.3 Å². The molecule has 0 unspecified atom stereocenters. The molecule has 1 aromatic heterocycles. The van der Waals surface area contributed by atoms with Crippen molar-refractivity contribution in [3.8, 4) is 0 Å². The van der Waals surface area contributed by atoms with E-state index < -0.39 is 0 Å². The molecule has 0 radical (unpaired) electrons. The van der Waals surface area contributed by atoms with Gasteiger partial charge in [-0.3, -0.25) is 4.79 Å². The van der Waals surface area contributed by atoms with Crippen molar-refractivity contribution in [2.75, 3.05) is 32.7 Å². The molecule has 0 saturated carbocycles. The van der Waals surface area contributed by atoms with Crippen LogP contribution in [-0.4, -0.2) is 53.4 Å². The molecule has 23 heavy (non-hydrogen) atoms. The largest absolute Gasteiger partial charge is 0.361 e. The fourth-order valence-electron chi connectivity index (χ4n) is 2.96. The Labute approximate surface area is 139 Å². The number of hydrogen-bond acceptors (Lipinski definition) is 2. The first-order valence-corrected chi connectivity index (χ1v) is 8.64. The first kappa shape index (κ1) is 17.5. The molecule has 1 N–H and O–H groups in total. The SMILES string of the molecule is CCN(CC)CCN(CC(C)C)C(=O)c1cccc2[nH]ccc12. The van der Waals surface area contributed by atoms with Crippen LogP contribution >= 0.6 is 0 Å². The summed E-state index contributed by atoms with van der Waals surface area (Å²) in [5.41, 5.74) is 1.81. The minimum Gasteiger partial charge on any atom is -0.361 e. The van der Waals surface area contributed by atoms with Gasteiger partial charge in [0.15, 0.2) is 0 Å². The minimum absolute atomic E-state index is 0.135. The maximum Gasteiger partial charge on any atom is 0.254 e. The van der Waals surface area contributed by atoms with Gasteiger partial charge in [-0.1, -0.05) is 33.8 Å². The van der Waals surface area contributed by atoms with Crippen LogP contribution in [0.3, 0.4) is 0 Å². The molecular formula is C19H29N3O. The van der Waals surface area contributed by atoms with E-state index in [0.717, 1.165) is 49.2 Å². The van der Waals surface area contributed by atoms with Crippen LogP contribution in [0.25, 0.3) is 10.9 Å². The first-order valence-electron chi connectivity index (χ1n) is 8.64. The monoisotopic (exact) mass is 315 g/mol. The van der Waals surface area contributed by atoms with Crippen molar-refractivity contribution >= 4 is 16.8 Å². The fraction of sp³-hybridized carbons (Fsp3) is 0.526. The van der Waals surface area contributed by atoms with E-state index in [4.69, 9.17) is 0 Å². The number of aromatic nitrogens is 1. The summed E-state index contributed by atoms with van der Waals surface area (Å²) in [6, 6.07) is 7.88. The van der Waals surface area contributed by atoms with Crippen LogP contribution in [-0.2, 0) is 0 Å². The predicted molar refractivity (Wildman–Crippen MR) is 96.8 cm³/mol. The molecule has 1 amide bonds. The summed E-state index contributed by atoms with van der Waals surface area (Å²) in [7, 11) is 0. The molecule has 2 aromatic rings. The number of nitrogens with zero attached hydrogens (tertiary/aromatic N) is 2. The molecule has 1 heterocycles. The fourth-order valence-corrected chi connectivity index (χ4v) is 2.96. The molecular weight excluding hydrogens is 286 g/mol. The van der Waals surface area contributed by atoms with Gasteiger partial charge in [-0.15, -0.1) is 0 Å². The first-order chi connectivity index (χ1) is 11.1. The highest BCUT2D eigenvalue weighted by Crippen LogP contribution is 2.19. The van der Waals surface area contributed by atoms with Crippen molar-refractivity contribution in [3.63, 3.8) is 0 Å². The second-order valence-corrected chi connectivity index (χ2v) is 6.42. The molecule has 0 saturated heterocycles. The normalized spacial score (nSPS) is 11.6. The van der Waals surface area contributed by atoms with Crippen molar-refractivity contribution in [2.24, 2.45) is 5.92 Å². The van der Waals surface area contributed by atoms with Crippen LogP contribution in [0, 0.1) is 5.92 Å². The molecule has 0 fully saturated rings. The molecule has 1 aromatic carbocycles. The Hall–Kier alpha value is -1.81. The van der Waals surface area contributed by atoms with Crippen LogP contribution in [0.15, 0.2) is 30.5 Å². The average molecular weight is 315 g/mol. The number of carbonyl (C=O) groups is 1. The Morgan fingerprint density at radius 1 is 1.13 bits per heavy atom. The van der Waals surface area contributed by atoms with Crippen LogP contribution in [0.4, 0.5) is 0 Å². The van der Waals surface area contributed by atoms with Crippen molar-refractivity contribution in [1.29, 1.82) is 0 Å². The van der Waals surface area contributed by atoms with Gasteiger partial charge in [0.1, 0.15) is 0 Å². The molecule has 126 valence electrons. The summed E-state index contributed by atoms with van der Waals surface area (Å²) >= 11 is 0. The summed E-state index contributed by atoms with van der Waals surface area (Å²) in [5.74, 6) is 0.595. The number of rotatable bonds is 8. The van der Waals surface area contributed by atoms with E-state index in [-0.39, 0.29) is 5.91 Å². The highest BCUT2D eigenvalue weighted by atomic mass is 16.2. The lowest BCUT2D eigenvalue weighted by Crippen LogP contribution is -2.40. The number of benzene rings is 1. The standard InChI is InChI=1S/C19H29N3O/c1-5-21(6-2)12-13-22(14-15(3)4)19(23)17-8-7-9-18-16(17)10-11-20-18/h7-11,15,20H,5-6,12-14H2,1-4H3. The number of carbonyl (C=O) groups excluding carboxylic acids is 1. The number of hydrogen-bond donors (Lipinski definition) is 1. The summed E-state index contributed by atoms with van der Waals surface area (Å²) in [6.07, 6.45) is 1.89. The quantitative estimate of drug-likeness (QED) is 0.808. The molecule has 0 aliphatic heterocycles. The predicted octanol–water partition coefficient (Wildman–Crippen LogP) is 3.61. The van der Waals surface area contributed by atoms with Gasteiger partial charge < -0.3 is 14.8 Å². The molecule has 0 atom stereocenters. The van der Waals surface area contributed by atoms with Gasteiger partial charge in [0.05, 0.1) is 0 Å². The highest BCUT2D eigenvalue weighted by Gasteiger charge is 2.19. The summed E-state index contributed by atoms with van der Waals surface area (Å²) in [6.45, 7) is 13.2. The average Bonchev–Trinajstić information content (AvgIpc) is 3.02. The lowest BCUT2D eigenvalue weighted by molar-refractivity contribution is 0.0718. The van der Waals surface area contributed by atoms with Gasteiger partial charge in [0.25, 0.3) is 5.91 Å². The molecule has 2 rings (SSSR count). The van der Waals surface area contributed by atoms with E-state index in [1.54, 1.807) is 0 Å². The van der Waals surface area contributed by atoms with E-state index in [9.17, 15) is 4.79 Å². The Balaban J connectivity index is 2.20. The van der Waals surface area contributed by atoms with Crippen LogP contribution in [0.5, 0.6) is 0 Å². The summed E-state index contributed by atoms with van der Waals surface area (Å²) in [4.78, 5) is 20.6. The second-order valence-electron chi connectivity index (χ2n) is 6.42. The molecule has 4 nitrogen and oxygen atoms in total. The third-order valence-electron chi connectivity index (χ3n) is 4.28. The second kappa shape index (κ2) is 8.16. The number of nitrogens with one attached hydrogen (secondary N) is 1. The number of amides is 1. The van der Waals surface area contributed by atoms with E-state index in [1.165, 1.54) is 0 Å². The van der Waals surface area contributed by atoms with Crippen LogP contribution in [0.1, 0.15) is 38.1 Å². The summed E-state index contributed by atoms with van der Waals surface area (Å²) in [5, 5.41) is 1.01. The number of aromatic amines is 1. The molecule has 4 heteroatoms. The van der Waals surface area contributed by atoms with E-state index >= 15 is 0 Å². The number of H-pyrrole nitrogens is 1. The molecule has 0 aliphatic rings. The van der Waals surface area contributed by atoms with Gasteiger partial charge in [0.2, 0.25) is 0 Å². The Morgan fingerprint density at radius 3 is 2.52 bits per heavy atom.